The maximum atomic E-state index is 17.2. The summed E-state index contributed by atoms with van der Waals surface area (Å²) in [5, 5.41) is 0. The Morgan fingerprint density at radius 3 is 2.49 bits per heavy atom. The Balaban J connectivity index is 1.63. The van der Waals surface area contributed by atoms with E-state index >= 15 is 4.39 Å². The number of Topliss-reactive ketones (excluding diaryl/α,β-unsaturated/α-hetero) is 3. The van der Waals surface area contributed by atoms with Gasteiger partial charge in [0.05, 0.1) is 11.5 Å². The van der Waals surface area contributed by atoms with E-state index in [0.29, 0.717) is 0 Å². The first kappa shape index (κ1) is 24.2. The van der Waals surface area contributed by atoms with Crippen LogP contribution in [0.3, 0.4) is 0 Å². The molecule has 3 saturated carbocycles. The Kier molecular flexibility index (Phi) is 4.86. The molecule has 0 unspecified atom stereocenters. The molecule has 0 N–H and O–H groups in total. The van der Waals surface area contributed by atoms with Gasteiger partial charge in [-0.2, -0.15) is 0 Å². The molecule has 0 aromatic carbocycles. The van der Waals surface area contributed by atoms with E-state index in [1.54, 1.807) is 20.8 Å². The monoisotopic (exact) mass is 488 g/mol. The van der Waals surface area contributed by atoms with Crippen molar-refractivity contribution in [1.82, 2.24) is 0 Å². The van der Waals surface area contributed by atoms with Gasteiger partial charge in [0.25, 0.3) is 0 Å². The lowest BCUT2D eigenvalue weighted by Crippen LogP contribution is -2.69. The Bertz CT molecular complexity index is 1150. The summed E-state index contributed by atoms with van der Waals surface area (Å²) < 4.78 is 34.6. The van der Waals surface area contributed by atoms with Gasteiger partial charge in [0, 0.05) is 36.7 Å². The van der Waals surface area contributed by atoms with E-state index in [9.17, 15) is 24.0 Å². The highest BCUT2D eigenvalue weighted by atomic mass is 19.1. The van der Waals surface area contributed by atoms with Crippen molar-refractivity contribution < 1.29 is 42.6 Å². The van der Waals surface area contributed by atoms with Crippen molar-refractivity contribution in [2.24, 2.45) is 22.7 Å². The van der Waals surface area contributed by atoms with E-state index in [-0.39, 0.29) is 30.6 Å². The molecule has 0 spiro atoms. The van der Waals surface area contributed by atoms with Crippen LogP contribution in [0.1, 0.15) is 53.9 Å². The van der Waals surface area contributed by atoms with Crippen molar-refractivity contribution >= 4 is 29.1 Å². The molecule has 1 heterocycles. The van der Waals surface area contributed by atoms with Crippen molar-refractivity contribution in [3.05, 3.63) is 23.8 Å². The zero-order valence-corrected chi connectivity index (χ0v) is 20.4. The molecular weight excluding hydrogens is 459 g/mol. The number of fused-ring (bicyclic) bond motifs is 7. The van der Waals surface area contributed by atoms with E-state index in [4.69, 9.17) is 14.2 Å². The van der Waals surface area contributed by atoms with Crippen molar-refractivity contribution in [1.29, 1.82) is 0 Å². The van der Waals surface area contributed by atoms with Crippen molar-refractivity contribution in [3.8, 4) is 0 Å². The summed E-state index contributed by atoms with van der Waals surface area (Å²) in [6.07, 6.45) is 2.45. The standard InChI is InChI=1S/C26H29FO8/c1-13(28)33-12-20(32)26-21(34-22(2,3)35-26)10-15-16-9-18(30)17-8-14(29)6-7-23(17,4)25(16,27)19(31)11-24(15,26)5/h6-8,15-16,21H,9-12H2,1-5H3/t15-,16-,21+,23-,24-,25-,26+/m0/s1. The molecule has 0 aromatic rings. The summed E-state index contributed by atoms with van der Waals surface area (Å²) in [6.45, 7) is 7.12. The SMILES string of the molecule is CC(=O)OCC(=O)[C@@]12OC(C)(C)O[C@@H]1C[C@H]1[C@@H]3CC(=O)C4=CC(=O)C=C[C@]4(C)[C@@]3(F)C(=O)C[C@@]12C. The minimum atomic E-state index is -2.44. The van der Waals surface area contributed by atoms with Crippen molar-refractivity contribution in [2.75, 3.05) is 6.61 Å². The Labute approximate surface area is 202 Å². The van der Waals surface area contributed by atoms with Crippen molar-refractivity contribution in [3.63, 3.8) is 0 Å². The number of hydrogen-bond donors (Lipinski definition) is 0. The third-order valence-electron chi connectivity index (χ3n) is 9.06. The molecule has 4 aliphatic carbocycles. The topological polar surface area (TPSA) is 113 Å². The van der Waals surface area contributed by atoms with E-state index < -0.39 is 75.8 Å². The van der Waals surface area contributed by atoms with Gasteiger partial charge in [0.15, 0.2) is 41.0 Å². The lowest BCUT2D eigenvalue weighted by atomic mass is 9.45. The van der Waals surface area contributed by atoms with Gasteiger partial charge in [-0.25, -0.2) is 4.39 Å². The van der Waals surface area contributed by atoms with E-state index in [1.807, 2.05) is 0 Å². The third-order valence-corrected chi connectivity index (χ3v) is 9.06. The van der Waals surface area contributed by atoms with E-state index in [0.717, 1.165) is 6.08 Å². The molecule has 4 fully saturated rings. The van der Waals surface area contributed by atoms with Crippen LogP contribution in [0, 0.1) is 22.7 Å². The molecule has 1 saturated heterocycles. The first-order chi connectivity index (χ1) is 16.1. The molecule has 0 amide bonds. The molecular formula is C26H29FO8. The zero-order valence-electron chi connectivity index (χ0n) is 20.4. The number of halogens is 1. The molecule has 0 bridgehead atoms. The van der Waals surface area contributed by atoms with Crippen LogP contribution in [0.25, 0.3) is 0 Å². The molecule has 7 atom stereocenters. The fourth-order valence-electron chi connectivity index (χ4n) is 7.65. The first-order valence-corrected chi connectivity index (χ1v) is 11.9. The smallest absolute Gasteiger partial charge is 0.303 e. The van der Waals surface area contributed by atoms with Gasteiger partial charge < -0.3 is 14.2 Å². The number of alkyl halides is 1. The average molecular weight is 489 g/mol. The number of allylic oxidation sites excluding steroid dienone is 4. The second kappa shape index (κ2) is 7.03. The Morgan fingerprint density at radius 1 is 1.14 bits per heavy atom. The van der Waals surface area contributed by atoms with Gasteiger partial charge in [-0.05, 0) is 45.3 Å². The summed E-state index contributed by atoms with van der Waals surface area (Å²) in [6, 6.07) is 0. The Morgan fingerprint density at radius 2 is 1.83 bits per heavy atom. The van der Waals surface area contributed by atoms with E-state index in [2.05, 4.69) is 0 Å². The van der Waals surface area contributed by atoms with Crippen LogP contribution in [0.15, 0.2) is 23.8 Å². The average Bonchev–Trinajstić information content (AvgIpc) is 3.16. The molecule has 1 aliphatic heterocycles. The maximum Gasteiger partial charge on any atom is 0.303 e. The number of carbonyl (C=O) groups is 5. The molecule has 0 radical (unpaired) electrons. The second-order valence-corrected chi connectivity index (χ2v) is 11.3. The minimum absolute atomic E-state index is 0.00757. The molecule has 0 aromatic heterocycles. The van der Waals surface area contributed by atoms with E-state index in [1.165, 1.54) is 26.0 Å². The molecule has 188 valence electrons. The van der Waals surface area contributed by atoms with Gasteiger partial charge in [-0.1, -0.05) is 13.0 Å². The van der Waals surface area contributed by atoms with Gasteiger partial charge >= 0.3 is 5.97 Å². The summed E-state index contributed by atoms with van der Waals surface area (Å²) in [4.78, 5) is 64.0. The van der Waals surface area contributed by atoms with Gasteiger partial charge in [0.1, 0.15) is 0 Å². The highest BCUT2D eigenvalue weighted by Crippen LogP contribution is 2.71. The molecule has 5 rings (SSSR count). The van der Waals surface area contributed by atoms with Crippen molar-refractivity contribution in [2.45, 2.75) is 77.0 Å². The number of hydrogen-bond acceptors (Lipinski definition) is 8. The number of ether oxygens (including phenoxy) is 3. The number of rotatable bonds is 3. The number of esters is 1. The Hall–Kier alpha value is -2.52. The van der Waals surface area contributed by atoms with Crippen LogP contribution >= 0.6 is 0 Å². The second-order valence-electron chi connectivity index (χ2n) is 11.3. The zero-order chi connectivity index (χ0) is 25.8. The van der Waals surface area contributed by atoms with Gasteiger partial charge in [-0.3, -0.25) is 24.0 Å². The minimum Gasteiger partial charge on any atom is -0.458 e. The lowest BCUT2D eigenvalue weighted by Gasteiger charge is -2.59. The van der Waals surface area contributed by atoms with Crippen LogP contribution in [-0.2, 0) is 38.2 Å². The molecule has 9 heteroatoms. The third kappa shape index (κ3) is 2.82. The normalized spacial score (nSPS) is 45.3. The molecule has 8 nitrogen and oxygen atoms in total. The van der Waals surface area contributed by atoms with Crippen LogP contribution in [-0.4, -0.2) is 58.9 Å². The predicted molar refractivity (Wildman–Crippen MR) is 118 cm³/mol. The first-order valence-electron chi connectivity index (χ1n) is 11.9. The van der Waals surface area contributed by atoms with Crippen LogP contribution in [0.4, 0.5) is 4.39 Å². The summed E-state index contributed by atoms with van der Waals surface area (Å²) >= 11 is 0. The number of ketones is 4. The molecule has 5 aliphatic rings. The molecule has 35 heavy (non-hydrogen) atoms. The predicted octanol–water partition coefficient (Wildman–Crippen LogP) is 2.38. The quantitative estimate of drug-likeness (QED) is 0.557. The summed E-state index contributed by atoms with van der Waals surface area (Å²) in [5.41, 5.74) is -6.87. The lowest BCUT2D eigenvalue weighted by molar-refractivity contribution is -0.221. The van der Waals surface area contributed by atoms with Gasteiger partial charge in [-0.15, -0.1) is 0 Å². The maximum absolute atomic E-state index is 17.2. The summed E-state index contributed by atoms with van der Waals surface area (Å²) in [7, 11) is 0. The number of carbonyl (C=O) groups excluding carboxylic acids is 5. The van der Waals surface area contributed by atoms with Crippen LogP contribution in [0.5, 0.6) is 0 Å². The largest absolute Gasteiger partial charge is 0.458 e. The fraction of sp³-hybridized carbons (Fsp3) is 0.654. The van der Waals surface area contributed by atoms with Crippen LogP contribution in [0.2, 0.25) is 0 Å². The highest BCUT2D eigenvalue weighted by molar-refractivity contribution is 6.12. The van der Waals surface area contributed by atoms with Crippen LogP contribution < -0.4 is 0 Å². The summed E-state index contributed by atoms with van der Waals surface area (Å²) in [5.74, 6) is -5.55. The highest BCUT2D eigenvalue weighted by Gasteiger charge is 2.81. The van der Waals surface area contributed by atoms with Gasteiger partial charge in [0.2, 0.25) is 5.78 Å². The fourth-order valence-corrected chi connectivity index (χ4v) is 7.65.